The Kier molecular flexibility index (Phi) is 3.90. The second-order valence-electron chi connectivity index (χ2n) is 8.88. The van der Waals surface area contributed by atoms with E-state index in [0.717, 1.165) is 37.8 Å². The van der Waals surface area contributed by atoms with Crippen LogP contribution in [0.1, 0.15) is 54.6 Å². The molecule has 1 aromatic rings. The summed E-state index contributed by atoms with van der Waals surface area (Å²) in [6.45, 7) is 4.94. The molecule has 4 aliphatic rings. The molecule has 0 aromatic carbocycles. The van der Waals surface area contributed by atoms with Crippen molar-refractivity contribution in [2.24, 2.45) is 18.9 Å². The molecule has 0 unspecified atom stereocenters. The molecule has 1 saturated carbocycles. The van der Waals surface area contributed by atoms with E-state index in [1.165, 1.54) is 32.1 Å². The van der Waals surface area contributed by atoms with Gasteiger partial charge in [-0.3, -0.25) is 14.4 Å². The second kappa shape index (κ2) is 6.06. The number of nitrogens with one attached hydrogen (secondary N) is 1. The van der Waals surface area contributed by atoms with Gasteiger partial charge in [0, 0.05) is 50.3 Å². The van der Waals surface area contributed by atoms with E-state index in [9.17, 15) is 4.79 Å². The van der Waals surface area contributed by atoms with E-state index < -0.39 is 0 Å². The highest BCUT2D eigenvalue weighted by atomic mass is 16.5. The van der Waals surface area contributed by atoms with E-state index in [1.54, 1.807) is 10.9 Å². The predicted molar refractivity (Wildman–Crippen MR) is 97.9 cm³/mol. The zero-order valence-corrected chi connectivity index (χ0v) is 15.9. The fourth-order valence-corrected chi connectivity index (χ4v) is 6.07. The molecule has 1 N–H and O–H groups in total. The van der Waals surface area contributed by atoms with Crippen LogP contribution in [-0.2, 0) is 11.8 Å². The van der Waals surface area contributed by atoms with E-state index >= 15 is 0 Å². The highest BCUT2D eigenvalue weighted by molar-refractivity contribution is 5.95. The van der Waals surface area contributed by atoms with Crippen molar-refractivity contribution >= 4 is 5.91 Å². The van der Waals surface area contributed by atoms with Gasteiger partial charge in [-0.25, -0.2) is 0 Å². The number of aryl methyl sites for hydroxylation is 1. The number of carbonyl (C=O) groups excluding carboxylic acids is 1. The van der Waals surface area contributed by atoms with Crippen LogP contribution >= 0.6 is 0 Å². The maximum Gasteiger partial charge on any atom is 0.254 e. The van der Waals surface area contributed by atoms with Crippen molar-refractivity contribution in [3.05, 3.63) is 17.5 Å². The van der Waals surface area contributed by atoms with Gasteiger partial charge in [-0.15, -0.1) is 0 Å². The molecule has 4 atom stereocenters. The number of carbonyl (C=O) groups is 1. The Morgan fingerprint density at radius 3 is 2.92 bits per heavy atom. The van der Waals surface area contributed by atoms with E-state index in [0.29, 0.717) is 23.5 Å². The number of nitrogens with zero attached hydrogens (tertiary/aromatic N) is 3. The van der Waals surface area contributed by atoms with Crippen molar-refractivity contribution in [1.82, 2.24) is 20.0 Å². The van der Waals surface area contributed by atoms with E-state index in [1.807, 2.05) is 14.0 Å². The highest BCUT2D eigenvalue weighted by Crippen LogP contribution is 2.55. The lowest BCUT2D eigenvalue weighted by atomic mass is 9.73. The van der Waals surface area contributed by atoms with E-state index in [4.69, 9.17) is 4.74 Å². The zero-order valence-electron chi connectivity index (χ0n) is 15.9. The molecule has 1 amide bonds. The van der Waals surface area contributed by atoms with Crippen molar-refractivity contribution < 1.29 is 9.53 Å². The monoisotopic (exact) mass is 358 g/mol. The summed E-state index contributed by atoms with van der Waals surface area (Å²) in [6.07, 6.45) is 9.83. The Morgan fingerprint density at radius 1 is 1.38 bits per heavy atom. The van der Waals surface area contributed by atoms with Crippen molar-refractivity contribution in [3.8, 4) is 0 Å². The molecule has 0 radical (unpaired) electrons. The number of aromatic nitrogens is 2. The average Bonchev–Trinajstić information content (AvgIpc) is 3.41. The van der Waals surface area contributed by atoms with Gasteiger partial charge in [-0.05, 0) is 32.6 Å². The van der Waals surface area contributed by atoms with Crippen molar-refractivity contribution in [2.75, 3.05) is 19.6 Å². The summed E-state index contributed by atoms with van der Waals surface area (Å²) in [5.41, 5.74) is 1.68. The van der Waals surface area contributed by atoms with Gasteiger partial charge in [0.05, 0.1) is 23.5 Å². The van der Waals surface area contributed by atoms with E-state index in [-0.39, 0.29) is 11.5 Å². The summed E-state index contributed by atoms with van der Waals surface area (Å²) in [7, 11) is 1.87. The molecule has 3 saturated heterocycles. The molecule has 26 heavy (non-hydrogen) atoms. The normalized spacial score (nSPS) is 36.8. The first-order valence-corrected chi connectivity index (χ1v) is 10.3. The Labute approximate surface area is 155 Å². The van der Waals surface area contributed by atoms with Crippen LogP contribution in [0.4, 0.5) is 0 Å². The van der Waals surface area contributed by atoms with E-state index in [2.05, 4.69) is 15.3 Å². The third-order valence-corrected chi connectivity index (χ3v) is 7.63. The predicted octanol–water partition coefficient (Wildman–Crippen LogP) is 1.88. The van der Waals surface area contributed by atoms with Gasteiger partial charge in [0.2, 0.25) is 0 Å². The lowest BCUT2D eigenvalue weighted by Crippen LogP contribution is -2.42. The van der Waals surface area contributed by atoms with Crippen molar-refractivity contribution in [3.63, 3.8) is 0 Å². The Hall–Kier alpha value is -1.40. The molecule has 1 aliphatic carbocycles. The third-order valence-electron chi connectivity index (χ3n) is 7.63. The van der Waals surface area contributed by atoms with Crippen LogP contribution in [0.3, 0.4) is 0 Å². The zero-order chi connectivity index (χ0) is 17.9. The number of rotatable bonds is 4. The van der Waals surface area contributed by atoms with Gasteiger partial charge >= 0.3 is 0 Å². The van der Waals surface area contributed by atoms with Gasteiger partial charge in [0.25, 0.3) is 5.91 Å². The molecule has 142 valence electrons. The van der Waals surface area contributed by atoms with Crippen molar-refractivity contribution in [2.45, 2.75) is 63.2 Å². The quantitative estimate of drug-likeness (QED) is 0.893. The summed E-state index contributed by atoms with van der Waals surface area (Å²) < 4.78 is 8.29. The fourth-order valence-electron chi connectivity index (χ4n) is 6.07. The molecule has 6 heteroatoms. The number of hydrogen-bond donors (Lipinski definition) is 1. The number of ether oxygens (including phenoxy) is 1. The molecule has 6 nitrogen and oxygen atoms in total. The number of amides is 1. The lowest BCUT2D eigenvalue weighted by molar-refractivity contribution is -0.000874. The molecule has 3 aliphatic heterocycles. The van der Waals surface area contributed by atoms with Crippen LogP contribution in [0.2, 0.25) is 0 Å². The minimum absolute atomic E-state index is 0.00179. The van der Waals surface area contributed by atoms with Gasteiger partial charge < -0.3 is 10.1 Å². The first-order chi connectivity index (χ1) is 12.6. The molecular formula is C20H30N4O2. The van der Waals surface area contributed by atoms with Gasteiger partial charge in [0.1, 0.15) is 0 Å². The molecule has 2 bridgehead atoms. The lowest BCUT2D eigenvalue weighted by Gasteiger charge is -2.29. The maximum absolute atomic E-state index is 12.6. The minimum atomic E-state index is -0.00179. The van der Waals surface area contributed by atoms with Crippen LogP contribution < -0.4 is 5.32 Å². The highest BCUT2D eigenvalue weighted by Gasteiger charge is 2.63. The van der Waals surface area contributed by atoms with Crippen LogP contribution in [0, 0.1) is 18.8 Å². The number of likely N-dealkylation sites (tertiary alicyclic amines) is 1. The molecule has 4 fully saturated rings. The fraction of sp³-hybridized carbons (Fsp3) is 0.800. The molecule has 1 aromatic heterocycles. The van der Waals surface area contributed by atoms with Gasteiger partial charge in [0.15, 0.2) is 0 Å². The molecule has 5 rings (SSSR count). The molecule has 1 spiro atoms. The average molecular weight is 358 g/mol. The van der Waals surface area contributed by atoms with Crippen molar-refractivity contribution in [1.29, 1.82) is 0 Å². The van der Waals surface area contributed by atoms with Crippen LogP contribution in [0.5, 0.6) is 0 Å². The minimum Gasteiger partial charge on any atom is -0.370 e. The van der Waals surface area contributed by atoms with Gasteiger partial charge in [-0.2, -0.15) is 5.10 Å². The standard InChI is InChI=1S/C20H30N4O2/c1-13-15(10-22-23(13)2)19(25)21-9-16-17-11-24(14-5-3-4-6-14)12-20(17)8-7-18(16)26-20/h10,14,16-18H,3-9,11-12H2,1-2H3,(H,21,25)/t16-,17+,18+,20+/m0/s1. The second-order valence-corrected chi connectivity index (χ2v) is 8.88. The summed E-state index contributed by atoms with van der Waals surface area (Å²) >= 11 is 0. The Morgan fingerprint density at radius 2 is 2.19 bits per heavy atom. The largest absolute Gasteiger partial charge is 0.370 e. The number of hydrogen-bond acceptors (Lipinski definition) is 4. The molecular weight excluding hydrogens is 328 g/mol. The Balaban J connectivity index is 1.26. The first kappa shape index (κ1) is 16.8. The van der Waals surface area contributed by atoms with Gasteiger partial charge in [-0.1, -0.05) is 12.8 Å². The Bertz CT molecular complexity index is 711. The topological polar surface area (TPSA) is 59.4 Å². The summed E-state index contributed by atoms with van der Waals surface area (Å²) in [4.78, 5) is 15.3. The van der Waals surface area contributed by atoms with Crippen LogP contribution in [-0.4, -0.2) is 58.0 Å². The molecule has 4 heterocycles. The van der Waals surface area contributed by atoms with Crippen LogP contribution in [0.25, 0.3) is 0 Å². The van der Waals surface area contributed by atoms with Crippen LogP contribution in [0.15, 0.2) is 6.20 Å². The summed E-state index contributed by atoms with van der Waals surface area (Å²) in [6, 6.07) is 0.769. The summed E-state index contributed by atoms with van der Waals surface area (Å²) in [5.74, 6) is 1.03. The SMILES string of the molecule is Cc1c(C(=O)NC[C@H]2[C@H]3CN(C4CCCC4)C[C@]34CC[C@H]2O4)cnn1C. The smallest absolute Gasteiger partial charge is 0.254 e. The number of fused-ring (bicyclic) bond motifs is 1. The summed E-state index contributed by atoms with van der Waals surface area (Å²) in [5, 5.41) is 7.37. The maximum atomic E-state index is 12.6. The third kappa shape index (κ3) is 2.45. The first-order valence-electron chi connectivity index (χ1n) is 10.3.